The van der Waals surface area contributed by atoms with Crippen LogP contribution in [0, 0.1) is 0 Å². The molecule has 4 nitrogen and oxygen atoms in total. The average molecular weight is 191 g/mol. The number of halogens is 2. The third-order valence-corrected chi connectivity index (χ3v) is 1.47. The van der Waals surface area contributed by atoms with Gasteiger partial charge in [0.15, 0.2) is 5.15 Å². The lowest BCUT2D eigenvalue weighted by Crippen LogP contribution is -1.90. The summed E-state index contributed by atoms with van der Waals surface area (Å²) in [6.45, 7) is 0. The van der Waals surface area contributed by atoms with Crippen molar-refractivity contribution in [2.45, 2.75) is 0 Å². The van der Waals surface area contributed by atoms with Crippen molar-refractivity contribution in [3.05, 3.63) is 24.0 Å². The van der Waals surface area contributed by atoms with Crippen molar-refractivity contribution in [1.82, 2.24) is 19.6 Å². The molecule has 0 atom stereocenters. The Bertz CT molecular complexity index is 358. The topological polar surface area (TPSA) is 43.1 Å². The van der Waals surface area contributed by atoms with Gasteiger partial charge in [-0.25, -0.2) is 14.5 Å². The van der Waals surface area contributed by atoms with Gasteiger partial charge in [-0.1, -0.05) is 11.6 Å². The fourth-order valence-corrected chi connectivity index (χ4v) is 0.906. The number of rotatable bonds is 0. The van der Waals surface area contributed by atoms with E-state index in [0.29, 0.717) is 5.15 Å². The predicted octanol–water partition coefficient (Wildman–Crippen LogP) is 1.20. The minimum absolute atomic E-state index is 0. The van der Waals surface area contributed by atoms with Crippen LogP contribution in [0.3, 0.4) is 0 Å². The fourth-order valence-electron chi connectivity index (χ4n) is 0.727. The maximum absolute atomic E-state index is 5.69. The van der Waals surface area contributed by atoms with Crippen LogP contribution in [-0.2, 0) is 0 Å². The largest absolute Gasteiger partial charge is 0.242 e. The van der Waals surface area contributed by atoms with E-state index >= 15 is 0 Å². The second-order valence-corrected chi connectivity index (χ2v) is 2.13. The van der Waals surface area contributed by atoms with Crippen LogP contribution in [0.2, 0.25) is 5.15 Å². The van der Waals surface area contributed by atoms with Crippen LogP contribution < -0.4 is 0 Å². The van der Waals surface area contributed by atoms with Gasteiger partial charge in [0.2, 0.25) is 0 Å². The number of aromatic nitrogens is 4. The van der Waals surface area contributed by atoms with Gasteiger partial charge in [0.1, 0.15) is 18.2 Å². The normalized spacial score (nSPS) is 9.55. The van der Waals surface area contributed by atoms with Gasteiger partial charge in [-0.3, -0.25) is 0 Å². The molecule has 0 amide bonds. The standard InChI is InChI=1S/C5H3ClN4.ClH/c6-5-4-1-7-3-10(4)9-2-8-5;/h1-3H;1H. The van der Waals surface area contributed by atoms with Crippen LogP contribution in [0.1, 0.15) is 0 Å². The van der Waals surface area contributed by atoms with Crippen LogP contribution >= 0.6 is 24.0 Å². The highest BCUT2D eigenvalue weighted by Crippen LogP contribution is 2.09. The van der Waals surface area contributed by atoms with E-state index in [1.54, 1.807) is 17.0 Å². The molecule has 2 aromatic heterocycles. The van der Waals surface area contributed by atoms with Crippen molar-refractivity contribution < 1.29 is 0 Å². The summed E-state index contributed by atoms with van der Waals surface area (Å²) in [5.41, 5.74) is 0.726. The fraction of sp³-hybridized carbons (Fsp3) is 0. The number of fused-ring (bicyclic) bond motifs is 1. The Morgan fingerprint density at radius 3 is 3.00 bits per heavy atom. The molecule has 6 heteroatoms. The van der Waals surface area contributed by atoms with Crippen LogP contribution in [0.15, 0.2) is 18.9 Å². The van der Waals surface area contributed by atoms with Crippen molar-refractivity contribution in [3.63, 3.8) is 0 Å². The number of imidazole rings is 1. The molecule has 0 radical (unpaired) electrons. The highest BCUT2D eigenvalue weighted by atomic mass is 35.5. The number of nitrogens with zero attached hydrogens (tertiary/aromatic N) is 4. The lowest BCUT2D eigenvalue weighted by molar-refractivity contribution is 0.892. The molecule has 0 bridgehead atoms. The van der Waals surface area contributed by atoms with E-state index in [-0.39, 0.29) is 12.4 Å². The molecule has 0 unspecified atom stereocenters. The minimum atomic E-state index is 0. The van der Waals surface area contributed by atoms with Crippen LogP contribution in [0.4, 0.5) is 0 Å². The summed E-state index contributed by atoms with van der Waals surface area (Å²) in [7, 11) is 0. The highest BCUT2D eigenvalue weighted by molar-refractivity contribution is 6.32. The summed E-state index contributed by atoms with van der Waals surface area (Å²) in [5.74, 6) is 0. The molecular weight excluding hydrogens is 187 g/mol. The third-order valence-electron chi connectivity index (χ3n) is 1.18. The zero-order chi connectivity index (χ0) is 6.97. The second kappa shape index (κ2) is 3.02. The SMILES string of the molecule is Cl.Clc1ncnn2cncc12. The van der Waals surface area contributed by atoms with E-state index in [2.05, 4.69) is 15.1 Å². The smallest absolute Gasteiger partial charge is 0.158 e. The number of hydrogen-bond acceptors (Lipinski definition) is 3. The summed E-state index contributed by atoms with van der Waals surface area (Å²) in [5, 5.41) is 4.28. The Morgan fingerprint density at radius 1 is 1.45 bits per heavy atom. The Labute approximate surface area is 73.6 Å². The van der Waals surface area contributed by atoms with Gasteiger partial charge < -0.3 is 0 Å². The first kappa shape index (κ1) is 8.23. The maximum Gasteiger partial charge on any atom is 0.158 e. The van der Waals surface area contributed by atoms with Crippen molar-refractivity contribution >= 4 is 29.5 Å². The first-order chi connectivity index (χ1) is 4.88. The number of hydrogen-bond donors (Lipinski definition) is 0. The molecule has 0 fully saturated rings. The average Bonchev–Trinajstić information content (AvgIpc) is 2.36. The molecule has 0 N–H and O–H groups in total. The first-order valence-corrected chi connectivity index (χ1v) is 3.04. The zero-order valence-electron chi connectivity index (χ0n) is 5.31. The van der Waals surface area contributed by atoms with Gasteiger partial charge in [-0.2, -0.15) is 5.10 Å². The lowest BCUT2D eigenvalue weighted by Gasteiger charge is -1.90. The Kier molecular flexibility index (Phi) is 2.26. The summed E-state index contributed by atoms with van der Waals surface area (Å²) in [6, 6.07) is 0. The Hall–Kier alpha value is -0.870. The van der Waals surface area contributed by atoms with E-state index in [9.17, 15) is 0 Å². The van der Waals surface area contributed by atoms with E-state index in [1.807, 2.05) is 0 Å². The predicted molar refractivity (Wildman–Crippen MR) is 43.0 cm³/mol. The summed E-state index contributed by atoms with van der Waals surface area (Å²) in [4.78, 5) is 7.61. The Balaban J connectivity index is 0.000000605. The maximum atomic E-state index is 5.69. The van der Waals surface area contributed by atoms with Gasteiger partial charge in [0.05, 0.1) is 6.20 Å². The molecule has 2 heterocycles. The summed E-state index contributed by atoms with van der Waals surface area (Å²) in [6.07, 6.45) is 4.57. The zero-order valence-corrected chi connectivity index (χ0v) is 6.88. The molecule has 0 saturated heterocycles. The van der Waals surface area contributed by atoms with Gasteiger partial charge in [-0.15, -0.1) is 12.4 Å². The molecule has 0 aliphatic carbocycles. The second-order valence-electron chi connectivity index (χ2n) is 1.77. The van der Waals surface area contributed by atoms with Crippen LogP contribution in [0.5, 0.6) is 0 Å². The molecule has 11 heavy (non-hydrogen) atoms. The van der Waals surface area contributed by atoms with Gasteiger partial charge in [0, 0.05) is 0 Å². The quantitative estimate of drug-likeness (QED) is 0.628. The molecule has 58 valence electrons. The summed E-state index contributed by atoms with van der Waals surface area (Å²) >= 11 is 5.69. The molecule has 0 saturated carbocycles. The molecule has 2 rings (SSSR count). The van der Waals surface area contributed by atoms with Gasteiger partial charge in [-0.05, 0) is 0 Å². The molecule has 0 aromatic carbocycles. The minimum Gasteiger partial charge on any atom is -0.242 e. The molecule has 0 aliphatic rings. The van der Waals surface area contributed by atoms with Gasteiger partial charge >= 0.3 is 0 Å². The van der Waals surface area contributed by atoms with Gasteiger partial charge in [0.25, 0.3) is 0 Å². The van der Waals surface area contributed by atoms with E-state index in [1.165, 1.54) is 6.33 Å². The molecule has 0 aliphatic heterocycles. The van der Waals surface area contributed by atoms with E-state index in [4.69, 9.17) is 11.6 Å². The molecular formula is C5H4Cl2N4. The molecule has 2 aromatic rings. The van der Waals surface area contributed by atoms with E-state index < -0.39 is 0 Å². The van der Waals surface area contributed by atoms with Crippen molar-refractivity contribution in [1.29, 1.82) is 0 Å². The highest BCUT2D eigenvalue weighted by Gasteiger charge is 1.97. The molecule has 0 spiro atoms. The first-order valence-electron chi connectivity index (χ1n) is 2.67. The monoisotopic (exact) mass is 190 g/mol. The Morgan fingerprint density at radius 2 is 2.27 bits per heavy atom. The van der Waals surface area contributed by atoms with Crippen molar-refractivity contribution in [2.24, 2.45) is 0 Å². The van der Waals surface area contributed by atoms with Crippen molar-refractivity contribution in [2.75, 3.05) is 0 Å². The third kappa shape index (κ3) is 1.27. The summed E-state index contributed by atoms with van der Waals surface area (Å²) < 4.78 is 1.56. The van der Waals surface area contributed by atoms with Crippen LogP contribution in [-0.4, -0.2) is 19.6 Å². The lowest BCUT2D eigenvalue weighted by atomic mass is 10.6. The van der Waals surface area contributed by atoms with Crippen molar-refractivity contribution in [3.8, 4) is 0 Å². The van der Waals surface area contributed by atoms with Crippen LogP contribution in [0.25, 0.3) is 5.52 Å². The van der Waals surface area contributed by atoms with E-state index in [0.717, 1.165) is 5.52 Å².